The first-order valence-corrected chi connectivity index (χ1v) is 6.72. The van der Waals surface area contributed by atoms with Gasteiger partial charge in [0.25, 0.3) is 0 Å². The van der Waals surface area contributed by atoms with Gasteiger partial charge in [-0.15, -0.1) is 0 Å². The summed E-state index contributed by atoms with van der Waals surface area (Å²) in [6, 6.07) is 0. The van der Waals surface area contributed by atoms with Crippen LogP contribution in [0, 0.1) is 5.92 Å². The normalized spacial score (nSPS) is 20.4. The van der Waals surface area contributed by atoms with Crippen molar-refractivity contribution in [1.82, 2.24) is 9.78 Å². The molecule has 1 atom stereocenters. The van der Waals surface area contributed by atoms with Crippen molar-refractivity contribution in [1.29, 1.82) is 0 Å². The summed E-state index contributed by atoms with van der Waals surface area (Å²) in [6.07, 6.45) is 3.32. The third kappa shape index (κ3) is 2.46. The number of rotatable bonds is 4. The van der Waals surface area contributed by atoms with Crippen molar-refractivity contribution >= 4 is 11.5 Å². The Hall–Kier alpha value is -1.23. The van der Waals surface area contributed by atoms with Crippen molar-refractivity contribution < 1.29 is 4.74 Å². The van der Waals surface area contributed by atoms with Gasteiger partial charge in [-0.2, -0.15) is 5.10 Å². The predicted molar refractivity (Wildman–Crippen MR) is 73.8 cm³/mol. The van der Waals surface area contributed by atoms with Crippen LogP contribution in [0.4, 0.5) is 11.5 Å². The van der Waals surface area contributed by atoms with E-state index in [1.165, 1.54) is 12.8 Å². The Morgan fingerprint density at radius 1 is 1.50 bits per heavy atom. The molecule has 1 fully saturated rings. The molecular formula is C13H24N4O. The number of ether oxygens (including phenoxy) is 1. The Morgan fingerprint density at radius 2 is 2.28 bits per heavy atom. The minimum absolute atomic E-state index is 0.600. The Morgan fingerprint density at radius 3 is 2.89 bits per heavy atom. The number of aryl methyl sites for hydroxylation is 2. The lowest BCUT2D eigenvalue weighted by atomic mass is 9.99. The van der Waals surface area contributed by atoms with Gasteiger partial charge in [0, 0.05) is 27.2 Å². The van der Waals surface area contributed by atoms with Crippen LogP contribution in [0.15, 0.2) is 0 Å². The van der Waals surface area contributed by atoms with Crippen molar-refractivity contribution in [3.8, 4) is 0 Å². The van der Waals surface area contributed by atoms with E-state index in [1.54, 1.807) is 7.11 Å². The van der Waals surface area contributed by atoms with Crippen LogP contribution in [-0.2, 0) is 18.2 Å². The van der Waals surface area contributed by atoms with E-state index in [9.17, 15) is 0 Å². The van der Waals surface area contributed by atoms with Crippen molar-refractivity contribution in [3.63, 3.8) is 0 Å². The summed E-state index contributed by atoms with van der Waals surface area (Å²) in [7, 11) is 3.75. The summed E-state index contributed by atoms with van der Waals surface area (Å²) < 4.78 is 7.19. The van der Waals surface area contributed by atoms with Gasteiger partial charge in [-0.3, -0.25) is 4.68 Å². The largest absolute Gasteiger partial charge is 0.394 e. The third-order valence-electron chi connectivity index (χ3n) is 3.68. The van der Waals surface area contributed by atoms with Crippen LogP contribution in [0.3, 0.4) is 0 Å². The van der Waals surface area contributed by atoms with Crippen LogP contribution in [0.5, 0.6) is 0 Å². The molecule has 0 amide bonds. The van der Waals surface area contributed by atoms with Crippen LogP contribution in [0.2, 0.25) is 0 Å². The van der Waals surface area contributed by atoms with Crippen LogP contribution in [-0.4, -0.2) is 36.6 Å². The SMILES string of the molecule is CCc1nn(C)c(N2CCCC(COC)C2)c1N. The van der Waals surface area contributed by atoms with Gasteiger partial charge < -0.3 is 15.4 Å². The van der Waals surface area contributed by atoms with Gasteiger partial charge in [-0.05, 0) is 25.2 Å². The number of methoxy groups -OCH3 is 1. The van der Waals surface area contributed by atoms with E-state index in [2.05, 4.69) is 16.9 Å². The van der Waals surface area contributed by atoms with Gasteiger partial charge in [0.15, 0.2) is 0 Å². The molecule has 1 aliphatic heterocycles. The molecule has 1 aromatic rings. The lowest BCUT2D eigenvalue weighted by Crippen LogP contribution is -2.38. The summed E-state index contributed by atoms with van der Waals surface area (Å²) in [5.74, 6) is 1.68. The molecule has 2 heterocycles. The Labute approximate surface area is 109 Å². The summed E-state index contributed by atoms with van der Waals surface area (Å²) >= 11 is 0. The first-order chi connectivity index (χ1) is 8.67. The molecule has 1 aromatic heterocycles. The van der Waals surface area contributed by atoms with Gasteiger partial charge in [0.05, 0.1) is 18.0 Å². The second-order valence-electron chi connectivity index (χ2n) is 5.07. The first kappa shape index (κ1) is 13.2. The standard InChI is InChI=1S/C13H24N4O/c1-4-11-12(14)13(16(2)15-11)17-7-5-6-10(8-17)9-18-3/h10H,4-9,14H2,1-3H3. The second-order valence-corrected chi connectivity index (χ2v) is 5.07. The van der Waals surface area contributed by atoms with Gasteiger partial charge in [0.2, 0.25) is 0 Å². The number of hydrogen-bond donors (Lipinski definition) is 1. The molecule has 5 nitrogen and oxygen atoms in total. The molecule has 1 saturated heterocycles. The van der Waals surface area contributed by atoms with E-state index >= 15 is 0 Å². The van der Waals surface area contributed by atoms with Gasteiger partial charge in [0.1, 0.15) is 5.82 Å². The molecule has 0 bridgehead atoms. The fourth-order valence-corrected chi connectivity index (χ4v) is 2.85. The molecular weight excluding hydrogens is 228 g/mol. The number of aromatic nitrogens is 2. The van der Waals surface area contributed by atoms with Crippen LogP contribution < -0.4 is 10.6 Å². The quantitative estimate of drug-likeness (QED) is 0.880. The summed E-state index contributed by atoms with van der Waals surface area (Å²) in [4.78, 5) is 2.36. The molecule has 0 spiro atoms. The van der Waals surface area contributed by atoms with Gasteiger partial charge >= 0.3 is 0 Å². The van der Waals surface area contributed by atoms with E-state index in [-0.39, 0.29) is 0 Å². The van der Waals surface area contributed by atoms with Crippen LogP contribution >= 0.6 is 0 Å². The maximum atomic E-state index is 6.21. The number of nitrogens with zero attached hydrogens (tertiary/aromatic N) is 3. The van der Waals surface area contributed by atoms with Crippen LogP contribution in [0.25, 0.3) is 0 Å². The van der Waals surface area contributed by atoms with E-state index in [4.69, 9.17) is 10.5 Å². The highest BCUT2D eigenvalue weighted by Gasteiger charge is 2.25. The lowest BCUT2D eigenvalue weighted by Gasteiger charge is -2.34. The number of anilines is 2. The number of piperidine rings is 1. The Bertz CT molecular complexity index is 400. The highest BCUT2D eigenvalue weighted by Crippen LogP contribution is 2.30. The fourth-order valence-electron chi connectivity index (χ4n) is 2.85. The summed E-state index contributed by atoms with van der Waals surface area (Å²) in [5.41, 5.74) is 8.06. The summed E-state index contributed by atoms with van der Waals surface area (Å²) in [6.45, 7) is 5.00. The third-order valence-corrected chi connectivity index (χ3v) is 3.68. The highest BCUT2D eigenvalue weighted by atomic mass is 16.5. The van der Waals surface area contributed by atoms with E-state index in [0.29, 0.717) is 5.92 Å². The minimum Gasteiger partial charge on any atom is -0.394 e. The van der Waals surface area contributed by atoms with E-state index < -0.39 is 0 Å². The molecule has 1 aliphatic rings. The number of nitrogens with two attached hydrogens (primary N) is 1. The van der Waals surface area contributed by atoms with E-state index in [0.717, 1.165) is 43.3 Å². The van der Waals surface area contributed by atoms with Gasteiger partial charge in [-0.1, -0.05) is 6.92 Å². The molecule has 5 heteroatoms. The maximum absolute atomic E-state index is 6.21. The smallest absolute Gasteiger partial charge is 0.150 e. The van der Waals surface area contributed by atoms with E-state index in [1.807, 2.05) is 11.7 Å². The molecule has 102 valence electrons. The zero-order valence-corrected chi connectivity index (χ0v) is 11.6. The Balaban J connectivity index is 2.18. The first-order valence-electron chi connectivity index (χ1n) is 6.72. The van der Waals surface area contributed by atoms with Crippen molar-refractivity contribution in [3.05, 3.63) is 5.69 Å². The molecule has 0 aromatic carbocycles. The maximum Gasteiger partial charge on any atom is 0.150 e. The molecule has 0 aliphatic carbocycles. The van der Waals surface area contributed by atoms with Crippen molar-refractivity contribution in [2.45, 2.75) is 26.2 Å². The molecule has 2 N–H and O–H groups in total. The average molecular weight is 252 g/mol. The summed E-state index contributed by atoms with van der Waals surface area (Å²) in [5, 5.41) is 4.49. The molecule has 1 unspecified atom stereocenters. The monoisotopic (exact) mass is 252 g/mol. The molecule has 2 rings (SSSR count). The highest BCUT2D eigenvalue weighted by molar-refractivity contribution is 5.66. The average Bonchev–Trinajstić information content (AvgIpc) is 2.65. The van der Waals surface area contributed by atoms with Gasteiger partial charge in [-0.25, -0.2) is 0 Å². The molecule has 18 heavy (non-hydrogen) atoms. The molecule has 0 radical (unpaired) electrons. The second kappa shape index (κ2) is 5.61. The zero-order chi connectivity index (χ0) is 13.1. The van der Waals surface area contributed by atoms with Crippen LogP contribution in [0.1, 0.15) is 25.5 Å². The van der Waals surface area contributed by atoms with Crippen molar-refractivity contribution in [2.75, 3.05) is 37.4 Å². The lowest BCUT2D eigenvalue weighted by molar-refractivity contribution is 0.143. The number of nitrogen functional groups attached to an aromatic ring is 1. The fraction of sp³-hybridized carbons (Fsp3) is 0.769. The minimum atomic E-state index is 0.600. The zero-order valence-electron chi connectivity index (χ0n) is 11.6. The topological polar surface area (TPSA) is 56.3 Å². The van der Waals surface area contributed by atoms with Crippen molar-refractivity contribution in [2.24, 2.45) is 13.0 Å². The number of hydrogen-bond acceptors (Lipinski definition) is 4. The molecule has 0 saturated carbocycles. The predicted octanol–water partition coefficient (Wildman–Crippen LogP) is 1.43. The Kier molecular flexibility index (Phi) is 4.11.